The first-order valence-electron chi connectivity index (χ1n) is 7.63. The first-order chi connectivity index (χ1) is 10.9. The second-order valence-electron chi connectivity index (χ2n) is 5.41. The number of methoxy groups -OCH3 is 1. The monoisotopic (exact) mass is 338 g/mol. The maximum absolute atomic E-state index is 5.09. The van der Waals surface area contributed by atoms with Gasteiger partial charge in [-0.25, -0.2) is 4.68 Å². The summed E-state index contributed by atoms with van der Waals surface area (Å²) in [6.45, 7) is 6.22. The first kappa shape index (κ1) is 17.7. The Bertz CT molecular complexity index is 570. The number of ether oxygens (including phenoxy) is 1. The molecule has 1 aromatic carbocycles. The molecule has 7 nitrogen and oxygen atoms in total. The molecule has 0 amide bonds. The van der Waals surface area contributed by atoms with Crippen LogP contribution >= 0.6 is 12.4 Å². The van der Waals surface area contributed by atoms with E-state index in [1.165, 1.54) is 5.69 Å². The molecule has 126 valence electrons. The molecule has 3 rings (SSSR count). The third-order valence-corrected chi connectivity index (χ3v) is 3.97. The Balaban J connectivity index is 0.00000192. The van der Waals surface area contributed by atoms with E-state index in [0.29, 0.717) is 13.2 Å². The van der Waals surface area contributed by atoms with Crippen LogP contribution < -0.4 is 4.90 Å². The molecule has 0 saturated carbocycles. The van der Waals surface area contributed by atoms with Crippen molar-refractivity contribution >= 4 is 18.1 Å². The van der Waals surface area contributed by atoms with Crippen LogP contribution in [0.4, 0.5) is 5.69 Å². The van der Waals surface area contributed by atoms with Crippen molar-refractivity contribution in [3.8, 4) is 0 Å². The average Bonchev–Trinajstić information content (AvgIpc) is 3.01. The van der Waals surface area contributed by atoms with Crippen molar-refractivity contribution in [2.24, 2.45) is 0 Å². The second kappa shape index (κ2) is 8.81. The van der Waals surface area contributed by atoms with Gasteiger partial charge in [0, 0.05) is 39.0 Å². The zero-order valence-electron chi connectivity index (χ0n) is 13.3. The average molecular weight is 339 g/mol. The van der Waals surface area contributed by atoms with E-state index in [4.69, 9.17) is 4.74 Å². The molecular formula is C15H23ClN6O. The van der Waals surface area contributed by atoms with Gasteiger partial charge in [-0.3, -0.25) is 4.90 Å². The quantitative estimate of drug-likeness (QED) is 0.785. The molecule has 0 bridgehead atoms. The van der Waals surface area contributed by atoms with E-state index in [1.54, 1.807) is 7.11 Å². The zero-order valence-corrected chi connectivity index (χ0v) is 14.2. The summed E-state index contributed by atoms with van der Waals surface area (Å²) in [5.74, 6) is 0.908. The Morgan fingerprint density at radius 1 is 1.09 bits per heavy atom. The molecular weight excluding hydrogens is 316 g/mol. The number of hydrogen-bond acceptors (Lipinski definition) is 6. The highest BCUT2D eigenvalue weighted by molar-refractivity contribution is 5.85. The van der Waals surface area contributed by atoms with Crippen molar-refractivity contribution in [3.63, 3.8) is 0 Å². The molecule has 1 saturated heterocycles. The Hall–Kier alpha value is -1.70. The van der Waals surface area contributed by atoms with Crippen LogP contribution in [0.1, 0.15) is 5.82 Å². The number of anilines is 1. The van der Waals surface area contributed by atoms with Gasteiger partial charge in [0.25, 0.3) is 0 Å². The van der Waals surface area contributed by atoms with Gasteiger partial charge in [0.05, 0.1) is 19.7 Å². The summed E-state index contributed by atoms with van der Waals surface area (Å²) in [5.41, 5.74) is 1.30. The summed E-state index contributed by atoms with van der Waals surface area (Å²) in [7, 11) is 1.69. The number of rotatable bonds is 6. The highest BCUT2D eigenvalue weighted by Crippen LogP contribution is 2.16. The fraction of sp³-hybridized carbons (Fsp3) is 0.533. The normalized spacial score (nSPS) is 15.4. The Morgan fingerprint density at radius 3 is 2.52 bits per heavy atom. The van der Waals surface area contributed by atoms with E-state index in [9.17, 15) is 0 Å². The predicted octanol–water partition coefficient (Wildman–Crippen LogP) is 1.06. The number of para-hydroxylation sites is 1. The standard InChI is InChI=1S/C15H22N6O.ClH/c1-22-12-11-21-15(16-17-18-21)13-19-7-9-20(10-8-19)14-5-3-2-4-6-14;/h2-6H,7-13H2,1H3;1H. The van der Waals surface area contributed by atoms with Gasteiger partial charge in [0.2, 0.25) is 0 Å². The van der Waals surface area contributed by atoms with Crippen LogP contribution in [0.15, 0.2) is 30.3 Å². The molecule has 0 N–H and O–H groups in total. The van der Waals surface area contributed by atoms with Crippen LogP contribution in [0.5, 0.6) is 0 Å². The summed E-state index contributed by atoms with van der Waals surface area (Å²) in [4.78, 5) is 4.82. The molecule has 0 spiro atoms. The van der Waals surface area contributed by atoms with Crippen molar-refractivity contribution in [2.45, 2.75) is 13.1 Å². The summed E-state index contributed by atoms with van der Waals surface area (Å²) >= 11 is 0. The van der Waals surface area contributed by atoms with Crippen molar-refractivity contribution < 1.29 is 4.74 Å². The lowest BCUT2D eigenvalue weighted by atomic mass is 10.2. The van der Waals surface area contributed by atoms with Crippen molar-refractivity contribution in [3.05, 3.63) is 36.2 Å². The fourth-order valence-electron chi connectivity index (χ4n) is 2.69. The van der Waals surface area contributed by atoms with E-state index >= 15 is 0 Å². The molecule has 2 aromatic rings. The highest BCUT2D eigenvalue weighted by Gasteiger charge is 2.19. The number of tetrazole rings is 1. The van der Waals surface area contributed by atoms with Gasteiger partial charge >= 0.3 is 0 Å². The van der Waals surface area contributed by atoms with E-state index in [2.05, 4.69) is 55.7 Å². The van der Waals surface area contributed by atoms with Crippen LogP contribution in [0.2, 0.25) is 0 Å². The maximum atomic E-state index is 5.09. The Kier molecular flexibility index (Phi) is 6.76. The minimum absolute atomic E-state index is 0. The third kappa shape index (κ3) is 4.63. The highest BCUT2D eigenvalue weighted by atomic mass is 35.5. The number of aromatic nitrogens is 4. The lowest BCUT2D eigenvalue weighted by Crippen LogP contribution is -2.46. The third-order valence-electron chi connectivity index (χ3n) is 3.97. The molecule has 0 atom stereocenters. The van der Waals surface area contributed by atoms with Gasteiger partial charge < -0.3 is 9.64 Å². The van der Waals surface area contributed by atoms with E-state index in [1.807, 2.05) is 4.68 Å². The van der Waals surface area contributed by atoms with E-state index in [0.717, 1.165) is 38.5 Å². The lowest BCUT2D eigenvalue weighted by molar-refractivity contribution is 0.178. The topological polar surface area (TPSA) is 59.3 Å². The summed E-state index contributed by atoms with van der Waals surface area (Å²) in [6, 6.07) is 10.6. The van der Waals surface area contributed by atoms with Crippen LogP contribution in [-0.4, -0.2) is 65.0 Å². The first-order valence-corrected chi connectivity index (χ1v) is 7.63. The van der Waals surface area contributed by atoms with Crippen LogP contribution in [0.25, 0.3) is 0 Å². The molecule has 8 heteroatoms. The van der Waals surface area contributed by atoms with Gasteiger partial charge in [-0.2, -0.15) is 0 Å². The van der Waals surface area contributed by atoms with Gasteiger partial charge in [-0.1, -0.05) is 18.2 Å². The smallest absolute Gasteiger partial charge is 0.165 e. The number of benzene rings is 1. The molecule has 1 aliphatic heterocycles. The number of piperazine rings is 1. The van der Waals surface area contributed by atoms with Crippen molar-refractivity contribution in [1.82, 2.24) is 25.1 Å². The van der Waals surface area contributed by atoms with Crippen molar-refractivity contribution in [1.29, 1.82) is 0 Å². The molecule has 1 fully saturated rings. The van der Waals surface area contributed by atoms with Gasteiger partial charge in [0.15, 0.2) is 5.82 Å². The Labute approximate surface area is 142 Å². The van der Waals surface area contributed by atoms with Crippen molar-refractivity contribution in [2.75, 3.05) is 44.8 Å². The molecule has 1 aromatic heterocycles. The minimum Gasteiger partial charge on any atom is -0.383 e. The second-order valence-corrected chi connectivity index (χ2v) is 5.41. The van der Waals surface area contributed by atoms with Gasteiger partial charge in [0.1, 0.15) is 0 Å². The lowest BCUT2D eigenvalue weighted by Gasteiger charge is -2.35. The van der Waals surface area contributed by atoms with E-state index < -0.39 is 0 Å². The van der Waals surface area contributed by atoms with Gasteiger partial charge in [-0.05, 0) is 22.6 Å². The largest absolute Gasteiger partial charge is 0.383 e. The summed E-state index contributed by atoms with van der Waals surface area (Å²) in [5, 5.41) is 11.9. The summed E-state index contributed by atoms with van der Waals surface area (Å²) < 4.78 is 6.91. The number of hydrogen-bond donors (Lipinski definition) is 0. The molecule has 2 heterocycles. The van der Waals surface area contributed by atoms with Gasteiger partial charge in [-0.15, -0.1) is 17.5 Å². The predicted molar refractivity (Wildman–Crippen MR) is 90.9 cm³/mol. The maximum Gasteiger partial charge on any atom is 0.165 e. The van der Waals surface area contributed by atoms with Crippen LogP contribution in [-0.2, 0) is 17.8 Å². The number of nitrogens with zero attached hydrogens (tertiary/aromatic N) is 6. The summed E-state index contributed by atoms with van der Waals surface area (Å²) in [6.07, 6.45) is 0. The SMILES string of the molecule is COCCn1nnnc1CN1CCN(c2ccccc2)CC1.Cl. The molecule has 0 radical (unpaired) electrons. The number of halogens is 1. The van der Waals surface area contributed by atoms with Crippen LogP contribution in [0.3, 0.4) is 0 Å². The van der Waals surface area contributed by atoms with E-state index in [-0.39, 0.29) is 12.4 Å². The Morgan fingerprint density at radius 2 is 1.83 bits per heavy atom. The molecule has 0 aliphatic carbocycles. The zero-order chi connectivity index (χ0) is 15.2. The van der Waals surface area contributed by atoms with Crippen LogP contribution in [0, 0.1) is 0 Å². The molecule has 0 unspecified atom stereocenters. The minimum atomic E-state index is 0. The molecule has 23 heavy (non-hydrogen) atoms. The fourth-order valence-corrected chi connectivity index (χ4v) is 2.69. The molecule has 1 aliphatic rings.